The fourth-order valence-electron chi connectivity index (χ4n) is 3.74. The van der Waals surface area contributed by atoms with Crippen molar-refractivity contribution in [2.24, 2.45) is 0 Å². The SMILES string of the molecule is CCCOc1ccc(NC(=O)C(=O)Nn2c(C(=O)Nc3cccc(C)c3C)cc3cc(Br)ccc32)cc1. The average molecular weight is 563 g/mol. The van der Waals surface area contributed by atoms with Crippen LogP contribution in [-0.2, 0) is 9.59 Å². The van der Waals surface area contributed by atoms with Crippen LogP contribution in [0, 0.1) is 13.8 Å². The number of aryl methyl sites for hydroxylation is 1. The van der Waals surface area contributed by atoms with Gasteiger partial charge in [0, 0.05) is 21.2 Å². The van der Waals surface area contributed by atoms with Crippen LogP contribution in [0.5, 0.6) is 5.75 Å². The van der Waals surface area contributed by atoms with Gasteiger partial charge in [-0.3, -0.25) is 19.8 Å². The number of ether oxygens (including phenoxy) is 1. The number of fused-ring (bicyclic) bond motifs is 1. The Kier molecular flexibility index (Phi) is 7.93. The van der Waals surface area contributed by atoms with Crippen LogP contribution in [0.1, 0.15) is 35.0 Å². The summed E-state index contributed by atoms with van der Waals surface area (Å²) in [5, 5.41) is 6.19. The second-order valence-corrected chi connectivity index (χ2v) is 9.45. The number of carbonyl (C=O) groups excluding carboxylic acids is 3. The van der Waals surface area contributed by atoms with E-state index in [2.05, 4.69) is 32.0 Å². The van der Waals surface area contributed by atoms with Gasteiger partial charge in [-0.2, -0.15) is 0 Å². The van der Waals surface area contributed by atoms with Gasteiger partial charge in [-0.25, -0.2) is 4.68 Å². The zero-order valence-corrected chi connectivity index (χ0v) is 22.3. The molecule has 0 unspecified atom stereocenters. The van der Waals surface area contributed by atoms with Crippen LogP contribution in [0.3, 0.4) is 0 Å². The summed E-state index contributed by atoms with van der Waals surface area (Å²) in [6.07, 6.45) is 0.883. The van der Waals surface area contributed by atoms with Gasteiger partial charge in [0.15, 0.2) is 0 Å². The number of anilines is 2. The molecule has 0 radical (unpaired) electrons. The van der Waals surface area contributed by atoms with Crippen molar-refractivity contribution < 1.29 is 19.1 Å². The summed E-state index contributed by atoms with van der Waals surface area (Å²) in [5.74, 6) is -1.55. The van der Waals surface area contributed by atoms with Gasteiger partial charge in [0.05, 0.1) is 12.1 Å². The van der Waals surface area contributed by atoms with E-state index in [4.69, 9.17) is 4.74 Å². The number of nitrogens with one attached hydrogen (secondary N) is 3. The Hall–Kier alpha value is -4.11. The summed E-state index contributed by atoms with van der Waals surface area (Å²) in [6.45, 7) is 6.49. The third-order valence-corrected chi connectivity index (χ3v) is 6.35. The third-order valence-electron chi connectivity index (χ3n) is 5.85. The zero-order valence-electron chi connectivity index (χ0n) is 20.7. The van der Waals surface area contributed by atoms with Crippen molar-refractivity contribution in [2.75, 3.05) is 22.7 Å². The highest BCUT2D eigenvalue weighted by atomic mass is 79.9. The standard InChI is InChI=1S/C28H27BrN4O4/c1-4-14-37-22-11-9-21(10-12-22)30-27(35)28(36)32-33-24-13-8-20(29)15-19(24)16-25(33)26(34)31-23-7-5-6-17(2)18(23)3/h5-13,15-16H,4,14H2,1-3H3,(H,30,35)(H,31,34)(H,32,36). The molecule has 1 heterocycles. The van der Waals surface area contributed by atoms with E-state index in [9.17, 15) is 14.4 Å². The fraction of sp³-hybridized carbons (Fsp3) is 0.179. The second-order valence-electron chi connectivity index (χ2n) is 8.54. The van der Waals surface area contributed by atoms with E-state index >= 15 is 0 Å². The lowest BCUT2D eigenvalue weighted by Crippen LogP contribution is -2.36. The lowest BCUT2D eigenvalue weighted by molar-refractivity contribution is -0.133. The number of aromatic nitrogens is 1. The molecule has 0 aliphatic carbocycles. The van der Waals surface area contributed by atoms with Crippen molar-refractivity contribution in [3.63, 3.8) is 0 Å². The van der Waals surface area contributed by atoms with Crippen LogP contribution in [0.4, 0.5) is 11.4 Å². The van der Waals surface area contributed by atoms with E-state index in [0.717, 1.165) is 22.0 Å². The third kappa shape index (κ3) is 6.00. The molecule has 0 fully saturated rings. The van der Waals surface area contributed by atoms with Crippen LogP contribution >= 0.6 is 15.9 Å². The molecule has 3 N–H and O–H groups in total. The summed E-state index contributed by atoms with van der Waals surface area (Å²) in [4.78, 5) is 38.8. The first-order chi connectivity index (χ1) is 17.8. The van der Waals surface area contributed by atoms with E-state index in [0.29, 0.717) is 34.6 Å². The number of hydrogen-bond acceptors (Lipinski definition) is 4. The van der Waals surface area contributed by atoms with Crippen LogP contribution in [0.25, 0.3) is 10.9 Å². The van der Waals surface area contributed by atoms with E-state index in [-0.39, 0.29) is 5.69 Å². The van der Waals surface area contributed by atoms with Crippen LogP contribution in [0.2, 0.25) is 0 Å². The predicted octanol–water partition coefficient (Wildman–Crippen LogP) is 5.77. The lowest BCUT2D eigenvalue weighted by atomic mass is 10.1. The molecular weight excluding hydrogens is 536 g/mol. The first-order valence-corrected chi connectivity index (χ1v) is 12.6. The Morgan fingerprint density at radius 3 is 2.41 bits per heavy atom. The van der Waals surface area contributed by atoms with Gasteiger partial charge in [0.1, 0.15) is 11.4 Å². The van der Waals surface area contributed by atoms with Crippen molar-refractivity contribution in [2.45, 2.75) is 27.2 Å². The Bertz CT molecular complexity index is 1480. The quantitative estimate of drug-likeness (QED) is 0.249. The Labute approximate surface area is 223 Å². The molecule has 0 saturated carbocycles. The summed E-state index contributed by atoms with van der Waals surface area (Å²) in [7, 11) is 0. The molecule has 3 aromatic carbocycles. The number of carbonyl (C=O) groups is 3. The van der Waals surface area contributed by atoms with E-state index in [1.807, 2.05) is 45.0 Å². The minimum absolute atomic E-state index is 0.174. The maximum absolute atomic E-state index is 13.3. The highest BCUT2D eigenvalue weighted by Crippen LogP contribution is 2.25. The lowest BCUT2D eigenvalue weighted by Gasteiger charge is -2.14. The summed E-state index contributed by atoms with van der Waals surface area (Å²) in [6, 6.07) is 19.4. The van der Waals surface area contributed by atoms with Gasteiger partial charge in [0.25, 0.3) is 5.91 Å². The topological polar surface area (TPSA) is 101 Å². The largest absolute Gasteiger partial charge is 0.494 e. The molecule has 0 bridgehead atoms. The van der Waals surface area contributed by atoms with Gasteiger partial charge in [0.2, 0.25) is 0 Å². The maximum atomic E-state index is 13.3. The monoisotopic (exact) mass is 562 g/mol. The minimum atomic E-state index is -0.924. The van der Waals surface area contributed by atoms with Crippen molar-refractivity contribution in [1.82, 2.24) is 4.68 Å². The number of halogens is 1. The van der Waals surface area contributed by atoms with Crippen LogP contribution in [-0.4, -0.2) is 29.0 Å². The maximum Gasteiger partial charge on any atom is 0.328 e. The minimum Gasteiger partial charge on any atom is -0.494 e. The first kappa shape index (κ1) is 26.0. The van der Waals surface area contributed by atoms with Gasteiger partial charge in [-0.05, 0) is 86.0 Å². The number of hydrogen-bond donors (Lipinski definition) is 3. The smallest absolute Gasteiger partial charge is 0.328 e. The van der Waals surface area contributed by atoms with Crippen molar-refractivity contribution in [3.05, 3.63) is 88.0 Å². The number of rotatable bonds is 7. The Morgan fingerprint density at radius 1 is 0.919 bits per heavy atom. The Balaban J connectivity index is 1.56. The second kappa shape index (κ2) is 11.3. The normalized spacial score (nSPS) is 10.7. The molecule has 0 aliphatic heterocycles. The molecule has 0 saturated heterocycles. The average Bonchev–Trinajstić information content (AvgIpc) is 3.23. The van der Waals surface area contributed by atoms with Gasteiger partial charge in [-0.15, -0.1) is 0 Å². The molecule has 0 spiro atoms. The highest BCUT2D eigenvalue weighted by Gasteiger charge is 2.21. The number of benzene rings is 3. The summed E-state index contributed by atoms with van der Waals surface area (Å²) >= 11 is 3.43. The van der Waals surface area contributed by atoms with E-state index in [1.54, 1.807) is 42.5 Å². The molecule has 0 aliphatic rings. The molecule has 4 aromatic rings. The molecule has 37 heavy (non-hydrogen) atoms. The van der Waals surface area contributed by atoms with Crippen molar-refractivity contribution in [3.8, 4) is 5.75 Å². The van der Waals surface area contributed by atoms with Gasteiger partial charge >= 0.3 is 11.8 Å². The number of nitrogens with zero attached hydrogens (tertiary/aromatic N) is 1. The highest BCUT2D eigenvalue weighted by molar-refractivity contribution is 9.10. The van der Waals surface area contributed by atoms with Gasteiger partial charge in [-0.1, -0.05) is 35.0 Å². The molecule has 3 amide bonds. The van der Waals surface area contributed by atoms with Gasteiger partial charge < -0.3 is 15.4 Å². The van der Waals surface area contributed by atoms with E-state index in [1.165, 1.54) is 4.68 Å². The van der Waals surface area contributed by atoms with E-state index < -0.39 is 17.7 Å². The van der Waals surface area contributed by atoms with Crippen molar-refractivity contribution >= 4 is 55.9 Å². The molecule has 9 heteroatoms. The molecule has 1 aromatic heterocycles. The predicted molar refractivity (Wildman–Crippen MR) is 149 cm³/mol. The fourth-order valence-corrected chi connectivity index (χ4v) is 4.12. The molecule has 8 nitrogen and oxygen atoms in total. The molecular formula is C28H27BrN4O4. The van der Waals surface area contributed by atoms with Crippen molar-refractivity contribution in [1.29, 1.82) is 0 Å². The summed E-state index contributed by atoms with van der Waals surface area (Å²) < 4.78 is 7.68. The Morgan fingerprint density at radius 2 is 1.68 bits per heavy atom. The number of amides is 3. The molecule has 4 rings (SSSR count). The molecule has 0 atom stereocenters. The first-order valence-electron chi connectivity index (χ1n) is 11.8. The zero-order chi connectivity index (χ0) is 26.5. The molecule has 190 valence electrons. The van der Waals surface area contributed by atoms with Crippen LogP contribution in [0.15, 0.2) is 71.2 Å². The summed E-state index contributed by atoms with van der Waals surface area (Å²) in [5.41, 5.74) is 6.39. The van der Waals surface area contributed by atoms with Crippen LogP contribution < -0.4 is 20.8 Å².